The van der Waals surface area contributed by atoms with Crippen LogP contribution in [0.25, 0.3) is 0 Å². The summed E-state index contributed by atoms with van der Waals surface area (Å²) >= 11 is 1.55. The molecule has 1 rings (SSSR count). The van der Waals surface area contributed by atoms with Crippen LogP contribution in [0.2, 0.25) is 0 Å². The molecule has 4 nitrogen and oxygen atoms in total. The van der Waals surface area contributed by atoms with E-state index in [2.05, 4.69) is 0 Å². The molecule has 0 amide bonds. The first-order valence-electron chi connectivity index (χ1n) is 5.08. The predicted molar refractivity (Wildman–Crippen MR) is 58.9 cm³/mol. The summed E-state index contributed by atoms with van der Waals surface area (Å²) in [4.78, 5) is 11.2. The molecule has 0 aromatic carbocycles. The summed E-state index contributed by atoms with van der Waals surface area (Å²) in [6.07, 6.45) is -0.129. The topological polar surface area (TPSA) is 44.8 Å². The van der Waals surface area contributed by atoms with Crippen molar-refractivity contribution in [2.45, 2.75) is 32.7 Å². The van der Waals surface area contributed by atoms with Gasteiger partial charge in [0, 0.05) is 0 Å². The van der Waals surface area contributed by atoms with Gasteiger partial charge in [0.2, 0.25) is 0 Å². The van der Waals surface area contributed by atoms with E-state index in [-0.39, 0.29) is 18.7 Å². The van der Waals surface area contributed by atoms with E-state index in [1.54, 1.807) is 11.8 Å². The zero-order chi connectivity index (χ0) is 11.3. The number of rotatable bonds is 5. The predicted octanol–water partition coefficient (Wildman–Crippen LogP) is 1.43. The minimum atomic E-state index is -0.546. The quantitative estimate of drug-likeness (QED) is 0.673. The van der Waals surface area contributed by atoms with Crippen LogP contribution in [0.1, 0.15) is 20.8 Å². The summed E-state index contributed by atoms with van der Waals surface area (Å²) in [5.74, 6) is 0.601. The second-order valence-electron chi connectivity index (χ2n) is 3.77. The molecule has 0 saturated carbocycles. The summed E-state index contributed by atoms with van der Waals surface area (Å²) in [7, 11) is 0. The van der Waals surface area contributed by atoms with Crippen molar-refractivity contribution in [1.82, 2.24) is 0 Å². The van der Waals surface area contributed by atoms with Crippen molar-refractivity contribution in [2.24, 2.45) is 0 Å². The highest BCUT2D eigenvalue weighted by Crippen LogP contribution is 2.22. The van der Waals surface area contributed by atoms with Gasteiger partial charge in [-0.25, -0.2) is 0 Å². The van der Waals surface area contributed by atoms with Crippen LogP contribution in [0.15, 0.2) is 0 Å². The van der Waals surface area contributed by atoms with E-state index < -0.39 is 5.79 Å². The molecule has 1 unspecified atom stereocenters. The molecule has 15 heavy (non-hydrogen) atoms. The molecule has 0 spiro atoms. The van der Waals surface area contributed by atoms with Gasteiger partial charge in [0.05, 0.1) is 12.4 Å². The highest BCUT2D eigenvalue weighted by atomic mass is 32.2. The Bertz CT molecular complexity index is 217. The lowest BCUT2D eigenvalue weighted by atomic mass is 10.4. The molecule has 0 bridgehead atoms. The van der Waals surface area contributed by atoms with E-state index in [4.69, 9.17) is 14.2 Å². The zero-order valence-electron chi connectivity index (χ0n) is 9.45. The van der Waals surface area contributed by atoms with Crippen molar-refractivity contribution in [3.8, 4) is 0 Å². The van der Waals surface area contributed by atoms with Gasteiger partial charge < -0.3 is 14.2 Å². The fourth-order valence-electron chi connectivity index (χ4n) is 1.26. The first-order valence-corrected chi connectivity index (χ1v) is 6.24. The molecule has 1 saturated heterocycles. The van der Waals surface area contributed by atoms with E-state index in [1.807, 2.05) is 20.8 Å². The molecule has 1 aliphatic heterocycles. The Balaban J connectivity index is 2.13. The van der Waals surface area contributed by atoms with Crippen LogP contribution in [-0.4, -0.2) is 42.6 Å². The van der Waals surface area contributed by atoms with Crippen molar-refractivity contribution in [3.05, 3.63) is 0 Å². The molecule has 1 heterocycles. The monoisotopic (exact) mass is 234 g/mol. The molecule has 1 fully saturated rings. The summed E-state index contributed by atoms with van der Waals surface area (Å²) < 4.78 is 15.9. The summed E-state index contributed by atoms with van der Waals surface area (Å²) in [6.45, 7) is 6.48. The molecule has 1 aliphatic rings. The lowest BCUT2D eigenvalue weighted by Gasteiger charge is -2.16. The Morgan fingerprint density at radius 2 is 2.33 bits per heavy atom. The molecular weight excluding hydrogens is 216 g/mol. The van der Waals surface area contributed by atoms with Gasteiger partial charge in [0.15, 0.2) is 5.79 Å². The van der Waals surface area contributed by atoms with Gasteiger partial charge in [0.1, 0.15) is 12.7 Å². The van der Waals surface area contributed by atoms with Gasteiger partial charge in [-0.2, -0.15) is 11.8 Å². The fourth-order valence-corrected chi connectivity index (χ4v) is 1.71. The van der Waals surface area contributed by atoms with Crippen molar-refractivity contribution < 1.29 is 19.0 Å². The normalized spacial score (nSPS) is 24.1. The maximum absolute atomic E-state index is 11.2. The number of carbonyl (C=O) groups excluding carboxylic acids is 1. The zero-order valence-corrected chi connectivity index (χ0v) is 10.3. The molecule has 5 heteroatoms. The molecule has 88 valence electrons. The molecule has 0 radical (unpaired) electrons. The van der Waals surface area contributed by atoms with Crippen LogP contribution in [0, 0.1) is 0 Å². The van der Waals surface area contributed by atoms with E-state index in [0.29, 0.717) is 12.4 Å². The minimum Gasteiger partial charge on any atom is -0.462 e. The first kappa shape index (κ1) is 12.8. The molecule has 0 aromatic heterocycles. The van der Waals surface area contributed by atoms with Gasteiger partial charge in [0.25, 0.3) is 0 Å². The second-order valence-corrected chi connectivity index (χ2v) is 5.05. The van der Waals surface area contributed by atoms with Crippen LogP contribution in [0.4, 0.5) is 0 Å². The van der Waals surface area contributed by atoms with Gasteiger partial charge in [-0.05, 0) is 19.6 Å². The van der Waals surface area contributed by atoms with Crippen molar-refractivity contribution in [3.63, 3.8) is 0 Å². The van der Waals surface area contributed by atoms with Gasteiger partial charge in [-0.3, -0.25) is 4.79 Å². The number of hydrogen-bond donors (Lipinski definition) is 0. The summed E-state index contributed by atoms with van der Waals surface area (Å²) in [5.41, 5.74) is 0. The first-order chi connectivity index (χ1) is 7.03. The SMILES string of the molecule is CCSCC(=O)OCC1COC(C)(C)O1. The van der Waals surface area contributed by atoms with Gasteiger partial charge >= 0.3 is 5.97 Å². The van der Waals surface area contributed by atoms with Crippen molar-refractivity contribution in [2.75, 3.05) is 24.7 Å². The highest BCUT2D eigenvalue weighted by molar-refractivity contribution is 7.99. The van der Waals surface area contributed by atoms with Crippen LogP contribution in [-0.2, 0) is 19.0 Å². The molecule has 0 aliphatic carbocycles. The lowest BCUT2D eigenvalue weighted by Crippen LogP contribution is -2.25. The Hall–Kier alpha value is -0.260. The summed E-state index contributed by atoms with van der Waals surface area (Å²) in [5, 5.41) is 0. The largest absolute Gasteiger partial charge is 0.462 e. The van der Waals surface area contributed by atoms with Crippen LogP contribution >= 0.6 is 11.8 Å². The maximum atomic E-state index is 11.2. The average molecular weight is 234 g/mol. The number of esters is 1. The standard InChI is InChI=1S/C10H18O4S/c1-4-15-7-9(11)12-5-8-6-13-10(2,3)14-8/h8H,4-7H2,1-3H3. The Labute approximate surface area is 94.6 Å². The third-order valence-electron chi connectivity index (χ3n) is 1.92. The van der Waals surface area contributed by atoms with Gasteiger partial charge in [-0.15, -0.1) is 0 Å². The molecule has 1 atom stereocenters. The Morgan fingerprint density at radius 3 is 2.87 bits per heavy atom. The van der Waals surface area contributed by atoms with E-state index in [9.17, 15) is 4.79 Å². The van der Waals surface area contributed by atoms with E-state index >= 15 is 0 Å². The highest BCUT2D eigenvalue weighted by Gasteiger charge is 2.33. The second kappa shape index (κ2) is 5.72. The third-order valence-corrected chi connectivity index (χ3v) is 2.77. The summed E-state index contributed by atoms with van der Waals surface area (Å²) in [6, 6.07) is 0. The number of hydrogen-bond acceptors (Lipinski definition) is 5. The van der Waals surface area contributed by atoms with Crippen LogP contribution in [0.3, 0.4) is 0 Å². The lowest BCUT2D eigenvalue weighted by molar-refractivity contribution is -0.156. The number of ether oxygens (including phenoxy) is 3. The molecular formula is C10H18O4S. The smallest absolute Gasteiger partial charge is 0.315 e. The third kappa shape index (κ3) is 4.86. The fraction of sp³-hybridized carbons (Fsp3) is 0.900. The minimum absolute atomic E-state index is 0.129. The van der Waals surface area contributed by atoms with Crippen molar-refractivity contribution >= 4 is 17.7 Å². The molecule has 0 aromatic rings. The van der Waals surface area contributed by atoms with E-state index in [1.165, 1.54) is 0 Å². The molecule has 0 N–H and O–H groups in total. The average Bonchev–Trinajstić information content (AvgIpc) is 2.52. The Kier molecular flexibility index (Phi) is 4.89. The number of carbonyl (C=O) groups is 1. The van der Waals surface area contributed by atoms with E-state index in [0.717, 1.165) is 5.75 Å². The van der Waals surface area contributed by atoms with Crippen LogP contribution < -0.4 is 0 Å². The van der Waals surface area contributed by atoms with Gasteiger partial charge in [-0.1, -0.05) is 6.92 Å². The maximum Gasteiger partial charge on any atom is 0.315 e. The number of thioether (sulfide) groups is 1. The Morgan fingerprint density at radius 1 is 1.60 bits per heavy atom. The van der Waals surface area contributed by atoms with Crippen LogP contribution in [0.5, 0.6) is 0 Å². The van der Waals surface area contributed by atoms with Crippen molar-refractivity contribution in [1.29, 1.82) is 0 Å².